The number of hydrogen-bond donors (Lipinski definition) is 1. The van der Waals surface area contributed by atoms with E-state index < -0.39 is 5.54 Å². The molecule has 0 radical (unpaired) electrons. The Kier molecular flexibility index (Phi) is 7.06. The van der Waals surface area contributed by atoms with E-state index in [0.717, 1.165) is 37.2 Å². The van der Waals surface area contributed by atoms with Crippen LogP contribution in [0.4, 0.5) is 0 Å². The quantitative estimate of drug-likeness (QED) is 0.837. The van der Waals surface area contributed by atoms with Gasteiger partial charge >= 0.3 is 0 Å². The summed E-state index contributed by atoms with van der Waals surface area (Å²) in [6.07, 6.45) is 5.12. The predicted molar refractivity (Wildman–Crippen MR) is 104 cm³/mol. The van der Waals surface area contributed by atoms with Gasteiger partial charge in [-0.15, -0.1) is 12.4 Å². The van der Waals surface area contributed by atoms with Gasteiger partial charge in [0, 0.05) is 19.4 Å². The number of nitrogens with one attached hydrogen (secondary N) is 1. The fraction of sp³-hybridized carbons (Fsp3) is 0.474. The summed E-state index contributed by atoms with van der Waals surface area (Å²) in [4.78, 5) is 15.0. The molecule has 1 fully saturated rings. The number of carbonyl (C=O) groups is 1. The number of rotatable bonds is 6. The summed E-state index contributed by atoms with van der Waals surface area (Å²) in [5.41, 5.74) is 0.571. The maximum Gasteiger partial charge on any atom is 0.250 e. The average Bonchev–Trinajstić information content (AvgIpc) is 3.17. The first-order valence-electron chi connectivity index (χ1n) is 8.78. The van der Waals surface area contributed by atoms with Crippen molar-refractivity contribution in [2.45, 2.75) is 25.3 Å². The summed E-state index contributed by atoms with van der Waals surface area (Å²) < 4.78 is 7.62. The van der Waals surface area contributed by atoms with E-state index in [1.807, 2.05) is 55.2 Å². The second-order valence-corrected chi connectivity index (χ2v) is 6.62. The van der Waals surface area contributed by atoms with Crippen molar-refractivity contribution < 1.29 is 9.53 Å². The number of aromatic nitrogens is 2. The lowest BCUT2D eigenvalue weighted by molar-refractivity contribution is -0.142. The Hall–Kier alpha value is -2.05. The molecule has 1 amide bonds. The van der Waals surface area contributed by atoms with Gasteiger partial charge in [0.2, 0.25) is 0 Å². The summed E-state index contributed by atoms with van der Waals surface area (Å²) in [5.74, 6) is 0.940. The topological polar surface area (TPSA) is 59.4 Å². The zero-order valence-corrected chi connectivity index (χ0v) is 16.2. The lowest BCUT2D eigenvalue weighted by atomic mass is 9.87. The van der Waals surface area contributed by atoms with Gasteiger partial charge in [-0.2, -0.15) is 5.10 Å². The van der Waals surface area contributed by atoms with Gasteiger partial charge in [0.05, 0.1) is 6.54 Å². The van der Waals surface area contributed by atoms with Gasteiger partial charge in [-0.1, -0.05) is 12.1 Å². The number of amides is 1. The number of halogens is 1. The maximum absolute atomic E-state index is 13.2. The molecule has 1 N–H and O–H groups in total. The molecule has 2 heterocycles. The highest BCUT2D eigenvalue weighted by molar-refractivity contribution is 5.85. The van der Waals surface area contributed by atoms with Gasteiger partial charge in [0.25, 0.3) is 5.91 Å². The van der Waals surface area contributed by atoms with Crippen molar-refractivity contribution in [1.29, 1.82) is 0 Å². The van der Waals surface area contributed by atoms with Crippen LogP contribution >= 0.6 is 12.4 Å². The van der Waals surface area contributed by atoms with Crippen molar-refractivity contribution in [3.8, 4) is 5.75 Å². The number of aryl methyl sites for hydroxylation is 1. The van der Waals surface area contributed by atoms with Crippen molar-refractivity contribution in [2.75, 3.05) is 33.3 Å². The molecule has 0 bridgehead atoms. The first-order valence-corrected chi connectivity index (χ1v) is 8.78. The molecule has 1 aromatic carbocycles. The van der Waals surface area contributed by atoms with E-state index in [2.05, 4.69) is 10.4 Å². The molecular formula is C19H27ClN4O2. The number of carbonyl (C=O) groups excluding carboxylic acids is 1. The molecule has 142 valence electrons. The van der Waals surface area contributed by atoms with Crippen molar-refractivity contribution in [1.82, 2.24) is 20.0 Å². The Labute approximate surface area is 160 Å². The van der Waals surface area contributed by atoms with E-state index >= 15 is 0 Å². The van der Waals surface area contributed by atoms with Crippen LogP contribution < -0.4 is 10.1 Å². The first-order chi connectivity index (χ1) is 12.1. The molecule has 0 atom stereocenters. The predicted octanol–water partition coefficient (Wildman–Crippen LogP) is 2.23. The van der Waals surface area contributed by atoms with E-state index in [1.54, 1.807) is 11.1 Å². The lowest BCUT2D eigenvalue weighted by Gasteiger charge is -2.39. The van der Waals surface area contributed by atoms with Crippen molar-refractivity contribution in [3.05, 3.63) is 48.3 Å². The Morgan fingerprint density at radius 1 is 1.35 bits per heavy atom. The fourth-order valence-corrected chi connectivity index (χ4v) is 3.37. The molecule has 7 heteroatoms. The minimum Gasteiger partial charge on any atom is -0.492 e. The van der Waals surface area contributed by atoms with Gasteiger partial charge in [-0.3, -0.25) is 9.48 Å². The molecule has 1 aliphatic rings. The Morgan fingerprint density at radius 2 is 2.12 bits per heavy atom. The number of nitrogens with zero attached hydrogens (tertiary/aromatic N) is 3. The van der Waals surface area contributed by atoms with E-state index in [0.29, 0.717) is 13.2 Å². The van der Waals surface area contributed by atoms with Gasteiger partial charge < -0.3 is 15.0 Å². The highest BCUT2D eigenvalue weighted by atomic mass is 35.5. The van der Waals surface area contributed by atoms with Crippen LogP contribution in [0.3, 0.4) is 0 Å². The van der Waals surface area contributed by atoms with E-state index in [4.69, 9.17) is 4.74 Å². The SMILES string of the molecule is Cc1cccc(OCCN(C)C(=O)C2(n3cccn3)CCNCC2)c1.Cl. The number of benzene rings is 1. The second kappa shape index (κ2) is 9.05. The van der Waals surface area contributed by atoms with Crippen LogP contribution in [-0.2, 0) is 10.3 Å². The molecule has 0 aliphatic carbocycles. The third kappa shape index (κ3) is 4.37. The molecule has 3 rings (SSSR count). The molecule has 2 aromatic rings. The second-order valence-electron chi connectivity index (χ2n) is 6.62. The standard InChI is InChI=1S/C19H26N4O2.ClH/c1-16-5-3-6-17(15-16)25-14-13-22(2)18(24)19(7-10-20-11-8-19)23-12-4-9-21-23;/h3-6,9,12,15,20H,7-8,10-11,13-14H2,1-2H3;1H. The van der Waals surface area contributed by atoms with E-state index in [9.17, 15) is 4.79 Å². The van der Waals surface area contributed by atoms with Crippen LogP contribution in [0.2, 0.25) is 0 Å². The zero-order valence-electron chi connectivity index (χ0n) is 15.4. The van der Waals surface area contributed by atoms with Crippen molar-refractivity contribution in [2.24, 2.45) is 0 Å². The largest absolute Gasteiger partial charge is 0.492 e. The first kappa shape index (κ1) is 20.3. The number of likely N-dealkylation sites (N-methyl/N-ethyl adjacent to an activating group) is 1. The number of piperidine rings is 1. The fourth-order valence-electron chi connectivity index (χ4n) is 3.37. The van der Waals surface area contributed by atoms with Crippen LogP contribution in [0.1, 0.15) is 18.4 Å². The molecule has 6 nitrogen and oxygen atoms in total. The molecule has 1 aromatic heterocycles. The van der Waals surface area contributed by atoms with Crippen LogP contribution in [-0.4, -0.2) is 53.9 Å². The zero-order chi connectivity index (χ0) is 17.7. The monoisotopic (exact) mass is 378 g/mol. The highest BCUT2D eigenvalue weighted by Gasteiger charge is 2.43. The minimum atomic E-state index is -0.590. The maximum atomic E-state index is 13.2. The lowest BCUT2D eigenvalue weighted by Crippen LogP contribution is -2.55. The van der Waals surface area contributed by atoms with Crippen LogP contribution in [0.25, 0.3) is 0 Å². The van der Waals surface area contributed by atoms with E-state index in [1.165, 1.54) is 0 Å². The number of ether oxygens (including phenoxy) is 1. The van der Waals surface area contributed by atoms with Crippen molar-refractivity contribution in [3.63, 3.8) is 0 Å². The molecular weight excluding hydrogens is 352 g/mol. The highest BCUT2D eigenvalue weighted by Crippen LogP contribution is 2.29. The van der Waals surface area contributed by atoms with Gasteiger partial charge in [0.1, 0.15) is 17.9 Å². The minimum absolute atomic E-state index is 0. The van der Waals surface area contributed by atoms with Crippen LogP contribution in [0.15, 0.2) is 42.7 Å². The van der Waals surface area contributed by atoms with Gasteiger partial charge in [-0.05, 0) is 56.6 Å². The Morgan fingerprint density at radius 3 is 2.77 bits per heavy atom. The molecule has 0 unspecified atom stereocenters. The molecule has 1 aliphatic heterocycles. The third-order valence-electron chi connectivity index (χ3n) is 4.80. The molecule has 26 heavy (non-hydrogen) atoms. The van der Waals surface area contributed by atoms with Gasteiger partial charge in [0.15, 0.2) is 0 Å². The summed E-state index contributed by atoms with van der Waals surface area (Å²) in [7, 11) is 1.84. The van der Waals surface area contributed by atoms with E-state index in [-0.39, 0.29) is 18.3 Å². The van der Waals surface area contributed by atoms with Crippen LogP contribution in [0, 0.1) is 6.92 Å². The Bertz CT molecular complexity index is 699. The summed E-state index contributed by atoms with van der Waals surface area (Å²) in [6, 6.07) is 9.82. The summed E-state index contributed by atoms with van der Waals surface area (Å²) >= 11 is 0. The normalized spacial score (nSPS) is 15.8. The van der Waals surface area contributed by atoms with Crippen LogP contribution in [0.5, 0.6) is 5.75 Å². The third-order valence-corrected chi connectivity index (χ3v) is 4.80. The molecule has 1 saturated heterocycles. The average molecular weight is 379 g/mol. The molecule has 0 spiro atoms. The summed E-state index contributed by atoms with van der Waals surface area (Å²) in [6.45, 7) is 4.69. The van der Waals surface area contributed by atoms with Crippen molar-refractivity contribution >= 4 is 18.3 Å². The van der Waals surface area contributed by atoms with Gasteiger partial charge in [-0.25, -0.2) is 0 Å². The smallest absolute Gasteiger partial charge is 0.250 e. The number of hydrogen-bond acceptors (Lipinski definition) is 4. The Balaban J connectivity index is 0.00000243. The molecule has 0 saturated carbocycles. The summed E-state index contributed by atoms with van der Waals surface area (Å²) in [5, 5.41) is 7.69.